The lowest BCUT2D eigenvalue weighted by Gasteiger charge is -2.29. The van der Waals surface area contributed by atoms with Gasteiger partial charge in [0, 0.05) is 42.4 Å². The zero-order valence-corrected chi connectivity index (χ0v) is 11.4. The average molecular weight is 275 g/mol. The van der Waals surface area contributed by atoms with Gasteiger partial charge in [0.15, 0.2) is 0 Å². The number of aromatic nitrogens is 2. The van der Waals surface area contributed by atoms with Gasteiger partial charge in [-0.1, -0.05) is 13.0 Å². The number of benzene rings is 1. The first kappa shape index (κ1) is 13.1. The molecule has 1 aliphatic heterocycles. The molecule has 2 N–H and O–H groups in total. The Morgan fingerprint density at radius 2 is 2.35 bits per heavy atom. The third kappa shape index (κ3) is 2.41. The molecular weight excluding hydrogens is 257 g/mol. The number of nitrogens with zero attached hydrogens (tertiary/aromatic N) is 2. The molecule has 4 nitrogen and oxygen atoms in total. The number of ether oxygens (including phenoxy) is 1. The number of aryl methyl sites for hydroxylation is 1. The molecule has 0 amide bonds. The van der Waals surface area contributed by atoms with Crippen molar-refractivity contribution in [2.75, 3.05) is 0 Å². The summed E-state index contributed by atoms with van der Waals surface area (Å²) < 4.78 is 21.1. The highest BCUT2D eigenvalue weighted by molar-refractivity contribution is 5.39. The molecule has 20 heavy (non-hydrogen) atoms. The molecule has 0 aliphatic carbocycles. The van der Waals surface area contributed by atoms with Gasteiger partial charge in [-0.25, -0.2) is 4.39 Å². The van der Waals surface area contributed by atoms with Crippen molar-refractivity contribution < 1.29 is 9.13 Å². The van der Waals surface area contributed by atoms with E-state index in [0.717, 1.165) is 24.1 Å². The van der Waals surface area contributed by atoms with E-state index in [9.17, 15) is 4.39 Å². The molecule has 1 aromatic heterocycles. The maximum absolute atomic E-state index is 13.3. The summed E-state index contributed by atoms with van der Waals surface area (Å²) in [4.78, 5) is 0. The molecule has 0 spiro atoms. The second-order valence-electron chi connectivity index (χ2n) is 5.17. The maximum Gasteiger partial charge on any atom is 0.129 e. The maximum atomic E-state index is 13.3. The van der Waals surface area contributed by atoms with Crippen molar-refractivity contribution in [1.82, 2.24) is 9.78 Å². The van der Waals surface area contributed by atoms with E-state index >= 15 is 0 Å². The number of hydrogen-bond acceptors (Lipinski definition) is 3. The summed E-state index contributed by atoms with van der Waals surface area (Å²) in [7, 11) is 0. The highest BCUT2D eigenvalue weighted by atomic mass is 19.1. The van der Waals surface area contributed by atoms with Crippen LogP contribution < -0.4 is 10.5 Å². The van der Waals surface area contributed by atoms with E-state index in [2.05, 4.69) is 12.0 Å². The molecule has 2 aromatic rings. The largest absolute Gasteiger partial charge is 0.485 e. The molecule has 0 saturated heterocycles. The lowest BCUT2D eigenvalue weighted by molar-refractivity contribution is 0.160. The van der Waals surface area contributed by atoms with E-state index in [4.69, 9.17) is 10.5 Å². The Morgan fingerprint density at radius 1 is 1.50 bits per heavy atom. The second kappa shape index (κ2) is 5.25. The van der Waals surface area contributed by atoms with Gasteiger partial charge in [-0.05, 0) is 12.5 Å². The number of halogens is 1. The third-order valence-electron chi connectivity index (χ3n) is 3.59. The molecule has 2 atom stereocenters. The van der Waals surface area contributed by atoms with Crippen LogP contribution in [0.25, 0.3) is 0 Å². The van der Waals surface area contributed by atoms with Crippen LogP contribution in [0.1, 0.15) is 43.0 Å². The lowest BCUT2D eigenvalue weighted by Crippen LogP contribution is -2.24. The molecule has 3 rings (SSSR count). The second-order valence-corrected chi connectivity index (χ2v) is 5.17. The fraction of sp³-hybridized carbons (Fsp3) is 0.400. The molecule has 1 aromatic carbocycles. The van der Waals surface area contributed by atoms with Crippen LogP contribution >= 0.6 is 0 Å². The van der Waals surface area contributed by atoms with Gasteiger partial charge < -0.3 is 10.5 Å². The SMILES string of the molecule is CCCn1cc(C2C[C@@H](N)c3ccc(F)cc3O2)cn1. The summed E-state index contributed by atoms with van der Waals surface area (Å²) in [6.45, 7) is 2.98. The summed E-state index contributed by atoms with van der Waals surface area (Å²) in [5.41, 5.74) is 8.01. The van der Waals surface area contributed by atoms with E-state index in [-0.39, 0.29) is 18.0 Å². The van der Waals surface area contributed by atoms with E-state index < -0.39 is 0 Å². The normalized spacial score (nSPS) is 21.4. The van der Waals surface area contributed by atoms with Gasteiger partial charge in [0.25, 0.3) is 0 Å². The fourth-order valence-corrected chi connectivity index (χ4v) is 2.58. The van der Waals surface area contributed by atoms with Crippen LogP contribution in [-0.2, 0) is 6.54 Å². The highest BCUT2D eigenvalue weighted by Crippen LogP contribution is 2.39. The van der Waals surface area contributed by atoms with Gasteiger partial charge in [0.2, 0.25) is 0 Å². The molecule has 1 unspecified atom stereocenters. The Balaban J connectivity index is 1.86. The summed E-state index contributed by atoms with van der Waals surface area (Å²) in [5.74, 6) is 0.232. The molecule has 2 heterocycles. The number of fused-ring (bicyclic) bond motifs is 1. The van der Waals surface area contributed by atoms with Gasteiger partial charge in [-0.15, -0.1) is 0 Å². The molecule has 106 valence electrons. The minimum absolute atomic E-state index is 0.140. The molecule has 0 saturated carbocycles. The molecule has 1 aliphatic rings. The monoisotopic (exact) mass is 275 g/mol. The first-order chi connectivity index (χ1) is 9.67. The van der Waals surface area contributed by atoms with Crippen molar-refractivity contribution in [3.63, 3.8) is 0 Å². The lowest BCUT2D eigenvalue weighted by atomic mass is 9.95. The predicted octanol–water partition coefficient (Wildman–Crippen LogP) is 2.96. The Hall–Kier alpha value is -1.88. The van der Waals surface area contributed by atoms with E-state index in [0.29, 0.717) is 12.2 Å². The van der Waals surface area contributed by atoms with Crippen LogP contribution in [0, 0.1) is 5.82 Å². The molecular formula is C15H18FN3O. The van der Waals surface area contributed by atoms with Crippen molar-refractivity contribution in [3.05, 3.63) is 47.5 Å². The smallest absolute Gasteiger partial charge is 0.129 e. The summed E-state index contributed by atoms with van der Waals surface area (Å²) in [6.07, 6.45) is 5.32. The van der Waals surface area contributed by atoms with Gasteiger partial charge in [-0.2, -0.15) is 5.10 Å². The van der Waals surface area contributed by atoms with Crippen LogP contribution in [0.4, 0.5) is 4.39 Å². The zero-order chi connectivity index (χ0) is 14.1. The van der Waals surface area contributed by atoms with E-state index in [1.165, 1.54) is 12.1 Å². The first-order valence-electron chi connectivity index (χ1n) is 6.91. The standard InChI is InChI=1S/C15H18FN3O/c1-2-5-19-9-10(8-18-19)14-7-13(17)12-4-3-11(16)6-15(12)20-14/h3-4,6,8-9,13-14H,2,5,7,17H2,1H3/t13-,14?/m1/s1. The van der Waals surface area contributed by atoms with Crippen LogP contribution in [0.3, 0.4) is 0 Å². The summed E-state index contributed by atoms with van der Waals surface area (Å²) in [6, 6.07) is 4.38. The van der Waals surface area contributed by atoms with Crippen LogP contribution in [0.5, 0.6) is 5.75 Å². The van der Waals surface area contributed by atoms with E-state index in [1.54, 1.807) is 12.3 Å². The predicted molar refractivity (Wildman–Crippen MR) is 73.8 cm³/mol. The first-order valence-corrected chi connectivity index (χ1v) is 6.91. The Labute approximate surface area is 117 Å². The zero-order valence-electron chi connectivity index (χ0n) is 11.4. The van der Waals surface area contributed by atoms with Crippen molar-refractivity contribution in [2.45, 2.75) is 38.5 Å². The van der Waals surface area contributed by atoms with Crippen LogP contribution in [-0.4, -0.2) is 9.78 Å². The third-order valence-corrected chi connectivity index (χ3v) is 3.59. The quantitative estimate of drug-likeness (QED) is 0.937. The van der Waals surface area contributed by atoms with Crippen molar-refractivity contribution in [3.8, 4) is 5.75 Å². The van der Waals surface area contributed by atoms with Crippen molar-refractivity contribution in [2.24, 2.45) is 5.73 Å². The average Bonchev–Trinajstić information content (AvgIpc) is 2.87. The van der Waals surface area contributed by atoms with Crippen LogP contribution in [0.15, 0.2) is 30.6 Å². The Kier molecular flexibility index (Phi) is 3.44. The van der Waals surface area contributed by atoms with Crippen LogP contribution in [0.2, 0.25) is 0 Å². The number of rotatable bonds is 3. The molecule has 0 fully saturated rings. The summed E-state index contributed by atoms with van der Waals surface area (Å²) in [5, 5.41) is 4.30. The fourth-order valence-electron chi connectivity index (χ4n) is 2.58. The van der Waals surface area contributed by atoms with Gasteiger partial charge in [-0.3, -0.25) is 4.68 Å². The summed E-state index contributed by atoms with van der Waals surface area (Å²) >= 11 is 0. The van der Waals surface area contributed by atoms with Gasteiger partial charge >= 0.3 is 0 Å². The minimum atomic E-state index is -0.307. The van der Waals surface area contributed by atoms with Crippen molar-refractivity contribution in [1.29, 1.82) is 0 Å². The van der Waals surface area contributed by atoms with Gasteiger partial charge in [0.1, 0.15) is 17.7 Å². The highest BCUT2D eigenvalue weighted by Gasteiger charge is 2.28. The molecule has 0 bridgehead atoms. The van der Waals surface area contributed by atoms with Gasteiger partial charge in [0.05, 0.1) is 6.20 Å². The number of hydrogen-bond donors (Lipinski definition) is 1. The Bertz CT molecular complexity index is 611. The minimum Gasteiger partial charge on any atom is -0.485 e. The topological polar surface area (TPSA) is 53.1 Å². The number of nitrogens with two attached hydrogens (primary N) is 1. The molecule has 0 radical (unpaired) electrons. The van der Waals surface area contributed by atoms with E-state index in [1.807, 2.05) is 10.9 Å². The Morgan fingerprint density at radius 3 is 3.15 bits per heavy atom. The molecule has 5 heteroatoms. The van der Waals surface area contributed by atoms with Crippen molar-refractivity contribution >= 4 is 0 Å².